The van der Waals surface area contributed by atoms with Crippen LogP contribution in [0.25, 0.3) is 0 Å². The molecule has 0 aliphatic rings. The number of ether oxygens (including phenoxy) is 1. The molecule has 0 heterocycles. The van der Waals surface area contributed by atoms with Crippen LogP contribution in [0.3, 0.4) is 0 Å². The molecule has 0 aromatic heterocycles. The van der Waals surface area contributed by atoms with Crippen molar-refractivity contribution in [1.82, 2.24) is 4.31 Å². The molecular weight excluding hydrogens is 374 g/mol. The molecule has 1 unspecified atom stereocenters. The van der Waals surface area contributed by atoms with Crippen LogP contribution in [0.1, 0.15) is 42.8 Å². The van der Waals surface area contributed by atoms with Gasteiger partial charge >= 0.3 is 5.97 Å². The van der Waals surface area contributed by atoms with Crippen LogP contribution < -0.4 is 0 Å². The van der Waals surface area contributed by atoms with Gasteiger partial charge in [0.15, 0.2) is 0 Å². The highest BCUT2D eigenvalue weighted by atomic mass is 35.5. The molecule has 140 valence electrons. The molecule has 5 nitrogen and oxygen atoms in total. The van der Waals surface area contributed by atoms with E-state index >= 15 is 0 Å². The van der Waals surface area contributed by atoms with Crippen LogP contribution in [0.5, 0.6) is 0 Å². The Morgan fingerprint density at radius 2 is 1.73 bits per heavy atom. The maximum Gasteiger partial charge on any atom is 0.338 e. The highest BCUT2D eigenvalue weighted by Crippen LogP contribution is 2.27. The van der Waals surface area contributed by atoms with E-state index in [1.807, 2.05) is 30.3 Å². The minimum Gasteiger partial charge on any atom is -0.454 e. The van der Waals surface area contributed by atoms with Gasteiger partial charge in [-0.3, -0.25) is 0 Å². The minimum atomic E-state index is -3.77. The van der Waals surface area contributed by atoms with Gasteiger partial charge in [-0.25, -0.2) is 13.2 Å². The fraction of sp³-hybridized carbons (Fsp3) is 0.316. The SMILES string of the molecule is CCN(CC)S(=O)(=O)c1cc(C(=O)OC(C)c2ccccc2)ccc1Cl. The molecule has 0 amide bonds. The smallest absolute Gasteiger partial charge is 0.338 e. The van der Waals surface area contributed by atoms with E-state index in [0.717, 1.165) is 5.56 Å². The van der Waals surface area contributed by atoms with Crippen LogP contribution in [0, 0.1) is 0 Å². The average molecular weight is 396 g/mol. The summed E-state index contributed by atoms with van der Waals surface area (Å²) in [5.74, 6) is -0.603. The van der Waals surface area contributed by atoms with Gasteiger partial charge in [0.25, 0.3) is 0 Å². The molecule has 0 saturated carbocycles. The van der Waals surface area contributed by atoms with Crippen molar-refractivity contribution in [3.63, 3.8) is 0 Å². The van der Waals surface area contributed by atoms with Gasteiger partial charge in [0.05, 0.1) is 10.6 Å². The summed E-state index contributed by atoms with van der Waals surface area (Å²) in [4.78, 5) is 12.4. The van der Waals surface area contributed by atoms with Gasteiger partial charge in [-0.1, -0.05) is 55.8 Å². The number of sulfonamides is 1. The lowest BCUT2D eigenvalue weighted by Crippen LogP contribution is -2.31. The maximum absolute atomic E-state index is 12.7. The average Bonchev–Trinajstić information content (AvgIpc) is 2.63. The zero-order chi connectivity index (χ0) is 19.3. The lowest BCUT2D eigenvalue weighted by molar-refractivity contribution is 0.0337. The van der Waals surface area contributed by atoms with Gasteiger partial charge in [0.1, 0.15) is 11.0 Å². The van der Waals surface area contributed by atoms with Crippen LogP contribution >= 0.6 is 11.6 Å². The van der Waals surface area contributed by atoms with Crippen LogP contribution in [-0.2, 0) is 14.8 Å². The number of nitrogens with zero attached hydrogens (tertiary/aromatic N) is 1. The summed E-state index contributed by atoms with van der Waals surface area (Å²) in [6.07, 6.45) is -0.456. The topological polar surface area (TPSA) is 63.7 Å². The molecule has 0 saturated heterocycles. The van der Waals surface area contributed by atoms with Crippen molar-refractivity contribution in [3.8, 4) is 0 Å². The molecule has 0 radical (unpaired) electrons. The van der Waals surface area contributed by atoms with Gasteiger partial charge < -0.3 is 4.74 Å². The highest BCUT2D eigenvalue weighted by molar-refractivity contribution is 7.89. The van der Waals surface area contributed by atoms with E-state index < -0.39 is 22.1 Å². The zero-order valence-electron chi connectivity index (χ0n) is 15.0. The highest BCUT2D eigenvalue weighted by Gasteiger charge is 2.26. The molecule has 2 aromatic rings. The van der Waals surface area contributed by atoms with Crippen LogP contribution in [0.2, 0.25) is 5.02 Å². The number of rotatable bonds is 7. The van der Waals surface area contributed by atoms with E-state index in [4.69, 9.17) is 16.3 Å². The number of esters is 1. The van der Waals surface area contributed by atoms with Crippen molar-refractivity contribution in [3.05, 3.63) is 64.7 Å². The van der Waals surface area contributed by atoms with E-state index in [1.165, 1.54) is 22.5 Å². The molecule has 0 spiro atoms. The van der Waals surface area contributed by atoms with Crippen LogP contribution in [-0.4, -0.2) is 31.8 Å². The van der Waals surface area contributed by atoms with Crippen molar-refractivity contribution >= 4 is 27.6 Å². The van der Waals surface area contributed by atoms with E-state index in [2.05, 4.69) is 0 Å². The first-order valence-electron chi connectivity index (χ1n) is 8.36. The summed E-state index contributed by atoms with van der Waals surface area (Å²) in [5, 5.41) is 0.0737. The Morgan fingerprint density at radius 3 is 2.31 bits per heavy atom. The second-order valence-corrected chi connectivity index (χ2v) is 8.01. The molecule has 26 heavy (non-hydrogen) atoms. The quantitative estimate of drug-likeness (QED) is 0.656. The third-order valence-electron chi connectivity index (χ3n) is 4.04. The van der Waals surface area contributed by atoms with Gasteiger partial charge in [0, 0.05) is 13.1 Å². The summed E-state index contributed by atoms with van der Waals surface area (Å²) >= 11 is 6.09. The van der Waals surface area contributed by atoms with Crippen LogP contribution in [0.15, 0.2) is 53.4 Å². The maximum atomic E-state index is 12.7. The monoisotopic (exact) mass is 395 g/mol. The predicted molar refractivity (Wildman–Crippen MR) is 102 cm³/mol. The first kappa shape index (κ1) is 20.4. The number of hydrogen-bond acceptors (Lipinski definition) is 4. The third kappa shape index (κ3) is 4.44. The van der Waals surface area contributed by atoms with Crippen molar-refractivity contribution < 1.29 is 17.9 Å². The number of carbonyl (C=O) groups is 1. The van der Waals surface area contributed by atoms with Crippen LogP contribution in [0.4, 0.5) is 0 Å². The van der Waals surface area contributed by atoms with Gasteiger partial charge in [-0.05, 0) is 30.7 Å². The molecule has 0 bridgehead atoms. The Morgan fingerprint density at radius 1 is 1.12 bits per heavy atom. The Kier molecular flexibility index (Phi) is 6.81. The molecule has 1 atom stereocenters. The summed E-state index contributed by atoms with van der Waals surface area (Å²) in [6.45, 7) is 5.88. The standard InChI is InChI=1S/C19H22ClNO4S/c1-4-21(5-2)26(23,24)18-13-16(11-12-17(18)20)19(22)25-14(3)15-9-7-6-8-10-15/h6-14H,4-5H2,1-3H3. The van der Waals surface area contributed by atoms with Crippen molar-refractivity contribution in [1.29, 1.82) is 0 Å². The Labute approximate surface area is 159 Å². The fourth-order valence-corrected chi connectivity index (χ4v) is 4.51. The molecular formula is C19H22ClNO4S. The van der Waals surface area contributed by atoms with Gasteiger partial charge in [-0.15, -0.1) is 0 Å². The molecule has 0 N–H and O–H groups in total. The minimum absolute atomic E-state index is 0.0737. The Balaban J connectivity index is 2.30. The first-order valence-corrected chi connectivity index (χ1v) is 10.2. The summed E-state index contributed by atoms with van der Waals surface area (Å²) < 4.78 is 32.2. The molecule has 0 aliphatic heterocycles. The lowest BCUT2D eigenvalue weighted by Gasteiger charge is -2.20. The number of carbonyl (C=O) groups excluding carboxylic acids is 1. The lowest BCUT2D eigenvalue weighted by atomic mass is 10.1. The van der Waals surface area contributed by atoms with E-state index in [9.17, 15) is 13.2 Å². The molecule has 2 aromatic carbocycles. The van der Waals surface area contributed by atoms with Gasteiger partial charge in [0.2, 0.25) is 10.0 Å². The predicted octanol–water partition coefficient (Wildman–Crippen LogP) is 4.29. The third-order valence-corrected chi connectivity index (χ3v) is 6.57. The fourth-order valence-electron chi connectivity index (χ4n) is 2.55. The second kappa shape index (κ2) is 8.66. The van der Waals surface area contributed by atoms with E-state index in [1.54, 1.807) is 20.8 Å². The Bertz CT molecular complexity index is 864. The zero-order valence-corrected chi connectivity index (χ0v) is 16.5. The molecule has 0 aliphatic carbocycles. The van der Waals surface area contributed by atoms with Crippen molar-refractivity contribution in [2.75, 3.05) is 13.1 Å². The number of benzene rings is 2. The Hall–Kier alpha value is -1.89. The summed E-state index contributed by atoms with van der Waals surface area (Å²) in [6, 6.07) is 13.4. The van der Waals surface area contributed by atoms with E-state index in [0.29, 0.717) is 13.1 Å². The van der Waals surface area contributed by atoms with Crippen molar-refractivity contribution in [2.24, 2.45) is 0 Å². The van der Waals surface area contributed by atoms with E-state index in [-0.39, 0.29) is 15.5 Å². The second-order valence-electron chi connectivity index (χ2n) is 5.69. The summed E-state index contributed by atoms with van der Waals surface area (Å²) in [5.41, 5.74) is 0.994. The van der Waals surface area contributed by atoms with Crippen molar-refractivity contribution in [2.45, 2.75) is 31.8 Å². The summed E-state index contributed by atoms with van der Waals surface area (Å²) in [7, 11) is -3.77. The largest absolute Gasteiger partial charge is 0.454 e. The number of hydrogen-bond donors (Lipinski definition) is 0. The molecule has 0 fully saturated rings. The molecule has 2 rings (SSSR count). The first-order chi connectivity index (χ1) is 12.3. The van der Waals surface area contributed by atoms with Gasteiger partial charge in [-0.2, -0.15) is 4.31 Å². The number of halogens is 1. The normalized spacial score (nSPS) is 12.8. The molecule has 7 heteroatoms.